The third-order valence-electron chi connectivity index (χ3n) is 3.26. The molecule has 6 heteroatoms. The van der Waals surface area contributed by atoms with Gasteiger partial charge >= 0.3 is 6.18 Å². The number of alkyl halides is 3. The summed E-state index contributed by atoms with van der Waals surface area (Å²) in [5.74, 6) is 0.185. The Morgan fingerprint density at radius 1 is 1.24 bits per heavy atom. The molecule has 0 unspecified atom stereocenters. The van der Waals surface area contributed by atoms with Crippen LogP contribution < -0.4 is 10.1 Å². The van der Waals surface area contributed by atoms with Crippen molar-refractivity contribution in [2.45, 2.75) is 26.2 Å². The summed E-state index contributed by atoms with van der Waals surface area (Å²) in [7, 11) is 1.34. The molecule has 3 nitrogen and oxygen atoms in total. The number of nitrogens with one attached hydrogen (secondary N) is 1. The summed E-state index contributed by atoms with van der Waals surface area (Å²) < 4.78 is 46.1. The normalized spacial score (nSPS) is 11.5. The maximum Gasteiger partial charge on any atom is 0.418 e. The van der Waals surface area contributed by atoms with Crippen molar-refractivity contribution in [3.8, 4) is 5.75 Å². The summed E-state index contributed by atoms with van der Waals surface area (Å²) >= 11 is 0. The molecule has 1 aromatic carbocycles. The third-order valence-corrected chi connectivity index (χ3v) is 3.26. The monoisotopic (exact) mass is 298 g/mol. The average Bonchev–Trinajstić information content (AvgIpc) is 2.91. The second kappa shape index (κ2) is 6.11. The quantitative estimate of drug-likeness (QED) is 0.897. The zero-order chi connectivity index (χ0) is 15.5. The Morgan fingerprint density at radius 3 is 2.62 bits per heavy atom. The van der Waals surface area contributed by atoms with Crippen LogP contribution in [-0.4, -0.2) is 11.7 Å². The van der Waals surface area contributed by atoms with Crippen molar-refractivity contribution in [2.24, 2.45) is 0 Å². The predicted octanol–water partition coefficient (Wildman–Crippen LogP) is 4.15. The van der Waals surface area contributed by atoms with E-state index in [1.165, 1.54) is 19.2 Å². The molecule has 0 saturated carbocycles. The fourth-order valence-electron chi connectivity index (χ4n) is 2.14. The standard InChI is InChI=1S/C15H17F3N2O/c1-3-20-8-4-5-11(20)10-19-14-7-6-12(21-2)9-13(14)15(16,17)18/h4-9,19H,3,10H2,1-2H3. The summed E-state index contributed by atoms with van der Waals surface area (Å²) in [6.07, 6.45) is -2.53. The van der Waals surface area contributed by atoms with E-state index in [0.717, 1.165) is 18.3 Å². The van der Waals surface area contributed by atoms with E-state index in [4.69, 9.17) is 4.74 Å². The number of ether oxygens (including phenoxy) is 1. The van der Waals surface area contributed by atoms with Gasteiger partial charge < -0.3 is 14.6 Å². The van der Waals surface area contributed by atoms with Crippen molar-refractivity contribution in [3.63, 3.8) is 0 Å². The lowest BCUT2D eigenvalue weighted by Crippen LogP contribution is -2.12. The molecule has 1 aromatic heterocycles. The molecule has 1 heterocycles. The molecule has 1 N–H and O–H groups in total. The van der Waals surface area contributed by atoms with Gasteiger partial charge in [-0.3, -0.25) is 0 Å². The fourth-order valence-corrected chi connectivity index (χ4v) is 2.14. The molecular formula is C15H17F3N2O. The van der Waals surface area contributed by atoms with E-state index < -0.39 is 11.7 Å². The van der Waals surface area contributed by atoms with Gasteiger partial charge in [-0.1, -0.05) is 0 Å². The summed E-state index contributed by atoms with van der Waals surface area (Å²) in [5, 5.41) is 2.85. The first-order valence-corrected chi connectivity index (χ1v) is 6.58. The number of aryl methyl sites for hydroxylation is 1. The van der Waals surface area contributed by atoms with E-state index >= 15 is 0 Å². The van der Waals surface area contributed by atoms with Crippen molar-refractivity contribution in [3.05, 3.63) is 47.8 Å². The summed E-state index contributed by atoms with van der Waals surface area (Å²) in [6, 6.07) is 7.66. The number of hydrogen-bond acceptors (Lipinski definition) is 2. The Balaban J connectivity index is 2.23. The van der Waals surface area contributed by atoms with E-state index in [1.54, 1.807) is 0 Å². The zero-order valence-electron chi connectivity index (χ0n) is 11.9. The Morgan fingerprint density at radius 2 is 2.00 bits per heavy atom. The Hall–Kier alpha value is -2.11. The lowest BCUT2D eigenvalue weighted by atomic mass is 10.1. The summed E-state index contributed by atoms with van der Waals surface area (Å²) in [5.41, 5.74) is 0.255. The Kier molecular flexibility index (Phi) is 4.45. The maximum atomic E-state index is 13.1. The van der Waals surface area contributed by atoms with Gasteiger partial charge in [-0.25, -0.2) is 0 Å². The van der Waals surface area contributed by atoms with Gasteiger partial charge in [0.2, 0.25) is 0 Å². The van der Waals surface area contributed by atoms with Gasteiger partial charge in [0.25, 0.3) is 0 Å². The van der Waals surface area contributed by atoms with Crippen LogP contribution in [0.1, 0.15) is 18.2 Å². The van der Waals surface area contributed by atoms with Crippen LogP contribution in [0.2, 0.25) is 0 Å². The van der Waals surface area contributed by atoms with Crippen LogP contribution in [0.3, 0.4) is 0 Å². The Labute approximate surface area is 121 Å². The first-order valence-electron chi connectivity index (χ1n) is 6.58. The molecule has 0 aliphatic carbocycles. The molecule has 2 aromatic rings. The van der Waals surface area contributed by atoms with Crippen LogP contribution in [0.5, 0.6) is 5.75 Å². The minimum absolute atomic E-state index is 0.0483. The fraction of sp³-hybridized carbons (Fsp3) is 0.333. The van der Waals surface area contributed by atoms with E-state index in [2.05, 4.69) is 5.32 Å². The molecule has 0 spiro atoms. The topological polar surface area (TPSA) is 26.2 Å². The predicted molar refractivity (Wildman–Crippen MR) is 75.4 cm³/mol. The van der Waals surface area contributed by atoms with E-state index in [0.29, 0.717) is 6.54 Å². The number of anilines is 1. The molecule has 0 aliphatic heterocycles. The smallest absolute Gasteiger partial charge is 0.418 e. The van der Waals surface area contributed by atoms with Gasteiger partial charge in [0.15, 0.2) is 0 Å². The third kappa shape index (κ3) is 3.51. The van der Waals surface area contributed by atoms with Crippen LogP contribution in [-0.2, 0) is 19.3 Å². The first kappa shape index (κ1) is 15.3. The average molecular weight is 298 g/mol. The van der Waals surface area contributed by atoms with Crippen molar-refractivity contribution in [1.82, 2.24) is 4.57 Å². The minimum Gasteiger partial charge on any atom is -0.497 e. The number of methoxy groups -OCH3 is 1. The van der Waals surface area contributed by atoms with Crippen molar-refractivity contribution in [2.75, 3.05) is 12.4 Å². The second-order valence-electron chi connectivity index (χ2n) is 4.55. The lowest BCUT2D eigenvalue weighted by molar-refractivity contribution is -0.137. The number of aromatic nitrogens is 1. The van der Waals surface area contributed by atoms with Crippen LogP contribution in [0.4, 0.5) is 18.9 Å². The van der Waals surface area contributed by atoms with Crippen molar-refractivity contribution < 1.29 is 17.9 Å². The first-order chi connectivity index (χ1) is 9.95. The van der Waals surface area contributed by atoms with Crippen LogP contribution in [0, 0.1) is 0 Å². The summed E-state index contributed by atoms with van der Waals surface area (Å²) in [6.45, 7) is 3.09. The molecule has 0 bridgehead atoms. The number of nitrogens with zero attached hydrogens (tertiary/aromatic N) is 1. The molecule has 2 rings (SSSR count). The van der Waals surface area contributed by atoms with Gasteiger partial charge in [0.05, 0.1) is 19.2 Å². The number of benzene rings is 1. The van der Waals surface area contributed by atoms with Crippen molar-refractivity contribution >= 4 is 5.69 Å². The highest BCUT2D eigenvalue weighted by Gasteiger charge is 2.34. The second-order valence-corrected chi connectivity index (χ2v) is 4.55. The highest BCUT2D eigenvalue weighted by Crippen LogP contribution is 2.37. The molecule has 114 valence electrons. The van der Waals surface area contributed by atoms with Gasteiger partial charge in [-0.05, 0) is 37.3 Å². The van der Waals surface area contributed by atoms with E-state index in [9.17, 15) is 13.2 Å². The van der Waals surface area contributed by atoms with Crippen LogP contribution in [0.15, 0.2) is 36.5 Å². The molecular weight excluding hydrogens is 281 g/mol. The summed E-state index contributed by atoms with van der Waals surface area (Å²) in [4.78, 5) is 0. The number of halogens is 3. The minimum atomic E-state index is -4.43. The molecule has 0 radical (unpaired) electrons. The van der Waals surface area contributed by atoms with Gasteiger partial charge in [-0.2, -0.15) is 13.2 Å². The largest absolute Gasteiger partial charge is 0.497 e. The molecule has 0 aliphatic rings. The van der Waals surface area contributed by atoms with Crippen LogP contribution in [0.25, 0.3) is 0 Å². The maximum absolute atomic E-state index is 13.1. The SMILES string of the molecule is CCn1cccc1CNc1ccc(OC)cc1C(F)(F)F. The van der Waals surface area contributed by atoms with Gasteiger partial charge in [0, 0.05) is 24.1 Å². The Bertz CT molecular complexity index is 605. The molecule has 0 fully saturated rings. The van der Waals surface area contributed by atoms with E-state index in [-0.39, 0.29) is 11.4 Å². The van der Waals surface area contributed by atoms with Crippen LogP contribution >= 0.6 is 0 Å². The lowest BCUT2D eigenvalue weighted by Gasteiger charge is -2.16. The number of hydrogen-bond donors (Lipinski definition) is 1. The number of rotatable bonds is 5. The molecule has 21 heavy (non-hydrogen) atoms. The van der Waals surface area contributed by atoms with Crippen molar-refractivity contribution in [1.29, 1.82) is 0 Å². The molecule has 0 amide bonds. The zero-order valence-corrected chi connectivity index (χ0v) is 11.9. The molecule has 0 atom stereocenters. The van der Waals surface area contributed by atoms with Gasteiger partial charge in [-0.15, -0.1) is 0 Å². The highest BCUT2D eigenvalue weighted by molar-refractivity contribution is 5.55. The molecule has 0 saturated heterocycles. The van der Waals surface area contributed by atoms with E-state index in [1.807, 2.05) is 29.8 Å². The van der Waals surface area contributed by atoms with Gasteiger partial charge in [0.1, 0.15) is 5.75 Å². The highest BCUT2D eigenvalue weighted by atomic mass is 19.4.